The van der Waals surface area contributed by atoms with E-state index in [4.69, 9.17) is 0 Å². The van der Waals surface area contributed by atoms with Crippen molar-refractivity contribution in [1.82, 2.24) is 19.2 Å². The van der Waals surface area contributed by atoms with Gasteiger partial charge in [0, 0.05) is 59.2 Å². The van der Waals surface area contributed by atoms with Crippen molar-refractivity contribution in [3.05, 3.63) is 48.4 Å². The van der Waals surface area contributed by atoms with E-state index in [2.05, 4.69) is 19.8 Å². The topological polar surface area (TPSA) is 69.6 Å². The summed E-state index contributed by atoms with van der Waals surface area (Å²) in [6.45, 7) is 4.32. The van der Waals surface area contributed by atoms with E-state index in [0.29, 0.717) is 4.90 Å². The van der Waals surface area contributed by atoms with Gasteiger partial charge in [0.2, 0.25) is 10.0 Å². The maximum atomic E-state index is 12.3. The Balaban J connectivity index is 1.63. The molecule has 1 aliphatic rings. The van der Waals surface area contributed by atoms with E-state index in [9.17, 15) is 8.42 Å². The number of sulfonamides is 1. The Labute approximate surface area is 149 Å². The Morgan fingerprint density at radius 2 is 1.88 bits per heavy atom. The Bertz CT molecular complexity index is 803. The summed E-state index contributed by atoms with van der Waals surface area (Å²) in [6.07, 6.45) is 5.16. The van der Waals surface area contributed by atoms with E-state index in [1.54, 1.807) is 44.8 Å². The van der Waals surface area contributed by atoms with Gasteiger partial charge < -0.3 is 4.90 Å². The highest BCUT2D eigenvalue weighted by Crippen LogP contribution is 2.18. The number of hydrogen-bond acceptors (Lipinski definition) is 6. The number of hydrogen-bond donors (Lipinski definition) is 0. The van der Waals surface area contributed by atoms with Crippen LogP contribution >= 0.6 is 0 Å². The number of aromatic nitrogens is 2. The average molecular weight is 361 g/mol. The maximum Gasteiger partial charge on any atom is 0.242 e. The van der Waals surface area contributed by atoms with Crippen LogP contribution in [0.3, 0.4) is 0 Å². The molecule has 0 N–H and O–H groups in total. The monoisotopic (exact) mass is 361 g/mol. The molecule has 1 fully saturated rings. The van der Waals surface area contributed by atoms with Crippen molar-refractivity contribution in [2.45, 2.75) is 11.4 Å². The van der Waals surface area contributed by atoms with Crippen molar-refractivity contribution < 1.29 is 8.42 Å². The molecule has 2 heterocycles. The summed E-state index contributed by atoms with van der Waals surface area (Å²) in [6, 6.07) is 7.19. The molecular formula is C17H23N5O2S. The van der Waals surface area contributed by atoms with Gasteiger partial charge in [0.1, 0.15) is 5.82 Å². The van der Waals surface area contributed by atoms with Crippen LogP contribution in [0.25, 0.3) is 0 Å². The Morgan fingerprint density at radius 3 is 2.52 bits per heavy atom. The second-order valence-electron chi connectivity index (χ2n) is 6.26. The highest BCUT2D eigenvalue weighted by atomic mass is 32.2. The molecule has 0 aliphatic carbocycles. The van der Waals surface area contributed by atoms with Gasteiger partial charge in [-0.05, 0) is 17.7 Å². The van der Waals surface area contributed by atoms with Crippen LogP contribution in [0.5, 0.6) is 0 Å². The molecule has 8 heteroatoms. The molecule has 1 aromatic heterocycles. The van der Waals surface area contributed by atoms with E-state index >= 15 is 0 Å². The third-order valence-electron chi connectivity index (χ3n) is 4.33. The molecule has 7 nitrogen and oxygen atoms in total. The van der Waals surface area contributed by atoms with Crippen molar-refractivity contribution in [2.24, 2.45) is 0 Å². The van der Waals surface area contributed by atoms with E-state index in [1.165, 1.54) is 4.31 Å². The van der Waals surface area contributed by atoms with E-state index < -0.39 is 10.0 Å². The number of rotatable bonds is 5. The lowest BCUT2D eigenvalue weighted by molar-refractivity contribution is 0.249. The minimum Gasteiger partial charge on any atom is -0.353 e. The first-order chi connectivity index (χ1) is 12.0. The molecular weight excluding hydrogens is 338 g/mol. The smallest absolute Gasteiger partial charge is 0.242 e. The molecule has 1 aromatic carbocycles. The molecule has 0 bridgehead atoms. The number of piperazine rings is 1. The summed E-state index contributed by atoms with van der Waals surface area (Å²) in [7, 11) is -0.295. The van der Waals surface area contributed by atoms with Gasteiger partial charge in [-0.2, -0.15) is 0 Å². The van der Waals surface area contributed by atoms with Crippen LogP contribution < -0.4 is 4.90 Å². The van der Waals surface area contributed by atoms with Crippen LogP contribution in [0.2, 0.25) is 0 Å². The first kappa shape index (κ1) is 17.8. The van der Waals surface area contributed by atoms with Crippen LogP contribution in [0, 0.1) is 0 Å². The molecule has 3 rings (SSSR count). The fourth-order valence-electron chi connectivity index (χ4n) is 2.86. The zero-order chi connectivity index (χ0) is 17.9. The molecule has 25 heavy (non-hydrogen) atoms. The lowest BCUT2D eigenvalue weighted by Gasteiger charge is -2.35. The zero-order valence-electron chi connectivity index (χ0n) is 14.5. The third-order valence-corrected chi connectivity index (χ3v) is 6.14. The molecule has 0 saturated carbocycles. The van der Waals surface area contributed by atoms with Crippen LogP contribution in [0.15, 0.2) is 47.8 Å². The van der Waals surface area contributed by atoms with Gasteiger partial charge in [-0.15, -0.1) is 0 Å². The van der Waals surface area contributed by atoms with Crippen molar-refractivity contribution in [2.75, 3.05) is 45.2 Å². The zero-order valence-corrected chi connectivity index (χ0v) is 15.4. The summed E-state index contributed by atoms with van der Waals surface area (Å²) in [5.74, 6) is 0.904. The molecule has 0 spiro atoms. The normalized spacial score (nSPS) is 16.4. The van der Waals surface area contributed by atoms with Gasteiger partial charge in [-0.25, -0.2) is 17.7 Å². The van der Waals surface area contributed by atoms with Crippen LogP contribution in [0.4, 0.5) is 5.82 Å². The van der Waals surface area contributed by atoms with E-state index in [0.717, 1.165) is 44.1 Å². The fourth-order valence-corrected chi connectivity index (χ4v) is 3.84. The van der Waals surface area contributed by atoms with Crippen molar-refractivity contribution in [1.29, 1.82) is 0 Å². The van der Waals surface area contributed by atoms with E-state index in [-0.39, 0.29) is 0 Å². The van der Waals surface area contributed by atoms with Crippen molar-refractivity contribution >= 4 is 15.8 Å². The standard InChI is InChI=1S/C17H23N5O2S/c1-20(2)25(23,24)16-5-3-4-15(12-16)14-21-8-10-22(11-9-21)17-13-18-6-7-19-17/h3-7,12-13H,8-11,14H2,1-2H3. The lowest BCUT2D eigenvalue weighted by Crippen LogP contribution is -2.46. The van der Waals surface area contributed by atoms with Crippen molar-refractivity contribution in [3.63, 3.8) is 0 Å². The average Bonchev–Trinajstić information content (AvgIpc) is 2.63. The van der Waals surface area contributed by atoms with Crippen LogP contribution in [0.1, 0.15) is 5.56 Å². The molecule has 1 aliphatic heterocycles. The molecule has 2 aromatic rings. The second kappa shape index (κ2) is 7.47. The summed E-state index contributed by atoms with van der Waals surface area (Å²) in [5.41, 5.74) is 1.01. The fraction of sp³-hybridized carbons (Fsp3) is 0.412. The number of benzene rings is 1. The van der Waals surface area contributed by atoms with Gasteiger partial charge in [0.05, 0.1) is 11.1 Å². The largest absolute Gasteiger partial charge is 0.353 e. The molecule has 0 unspecified atom stereocenters. The lowest BCUT2D eigenvalue weighted by atomic mass is 10.2. The molecule has 1 saturated heterocycles. The number of anilines is 1. The minimum atomic E-state index is -3.39. The Kier molecular flexibility index (Phi) is 5.31. The number of nitrogens with zero attached hydrogens (tertiary/aromatic N) is 5. The quantitative estimate of drug-likeness (QED) is 0.793. The van der Waals surface area contributed by atoms with Gasteiger partial charge in [0.15, 0.2) is 0 Å². The third kappa shape index (κ3) is 4.15. The van der Waals surface area contributed by atoms with Crippen LogP contribution in [-0.4, -0.2) is 67.9 Å². The Hall–Kier alpha value is -2.03. The summed E-state index contributed by atoms with van der Waals surface area (Å²) >= 11 is 0. The summed E-state index contributed by atoms with van der Waals surface area (Å²) < 4.78 is 25.8. The van der Waals surface area contributed by atoms with Crippen LogP contribution in [-0.2, 0) is 16.6 Å². The SMILES string of the molecule is CN(C)S(=O)(=O)c1cccc(CN2CCN(c3cnccn3)CC2)c1. The highest BCUT2D eigenvalue weighted by Gasteiger charge is 2.20. The molecule has 0 amide bonds. The summed E-state index contributed by atoms with van der Waals surface area (Å²) in [4.78, 5) is 13.3. The van der Waals surface area contributed by atoms with Gasteiger partial charge in [-0.3, -0.25) is 9.88 Å². The highest BCUT2D eigenvalue weighted by molar-refractivity contribution is 7.89. The predicted molar refractivity (Wildman–Crippen MR) is 96.8 cm³/mol. The van der Waals surface area contributed by atoms with Crippen molar-refractivity contribution in [3.8, 4) is 0 Å². The van der Waals surface area contributed by atoms with Gasteiger partial charge >= 0.3 is 0 Å². The maximum absolute atomic E-state index is 12.3. The first-order valence-corrected chi connectivity index (χ1v) is 9.65. The minimum absolute atomic E-state index is 0.341. The Morgan fingerprint density at radius 1 is 1.12 bits per heavy atom. The predicted octanol–water partition coefficient (Wildman–Crippen LogP) is 1.05. The van der Waals surface area contributed by atoms with E-state index in [1.807, 2.05) is 12.1 Å². The second-order valence-corrected chi connectivity index (χ2v) is 8.41. The van der Waals surface area contributed by atoms with Gasteiger partial charge in [-0.1, -0.05) is 12.1 Å². The van der Waals surface area contributed by atoms with Gasteiger partial charge in [0.25, 0.3) is 0 Å². The summed E-state index contributed by atoms with van der Waals surface area (Å²) in [5, 5.41) is 0. The molecule has 0 atom stereocenters. The molecule has 134 valence electrons. The molecule has 0 radical (unpaired) electrons. The first-order valence-electron chi connectivity index (χ1n) is 8.21.